The molecule has 2 atom stereocenters. The van der Waals surface area contributed by atoms with Gasteiger partial charge in [-0.1, -0.05) is 51.1 Å². The second kappa shape index (κ2) is 5.85. The van der Waals surface area contributed by atoms with Gasteiger partial charge in [-0.05, 0) is 30.4 Å². The number of hydrogen-bond acceptors (Lipinski definition) is 2. The quantitative estimate of drug-likeness (QED) is 0.853. The van der Waals surface area contributed by atoms with Gasteiger partial charge in [0, 0.05) is 18.6 Å². The van der Waals surface area contributed by atoms with Crippen molar-refractivity contribution >= 4 is 0 Å². The van der Waals surface area contributed by atoms with E-state index in [9.17, 15) is 0 Å². The van der Waals surface area contributed by atoms with Crippen LogP contribution in [0.1, 0.15) is 45.2 Å². The molecule has 0 saturated carbocycles. The van der Waals surface area contributed by atoms with Crippen LogP contribution in [0.5, 0.6) is 0 Å². The molecule has 1 aliphatic rings. The predicted molar refractivity (Wildman–Crippen MR) is 77.7 cm³/mol. The molecule has 0 amide bonds. The third kappa shape index (κ3) is 4.11. The third-order valence-corrected chi connectivity index (χ3v) is 3.52. The monoisotopic (exact) mass is 246 g/mol. The van der Waals surface area contributed by atoms with Gasteiger partial charge in [-0.25, -0.2) is 0 Å². The molecule has 1 aliphatic heterocycles. The lowest BCUT2D eigenvalue weighted by molar-refractivity contribution is 0.296. The molecule has 2 rings (SSSR count). The molecule has 1 heterocycles. The van der Waals surface area contributed by atoms with E-state index in [2.05, 4.69) is 61.7 Å². The first-order valence-corrected chi connectivity index (χ1v) is 7.06. The van der Waals surface area contributed by atoms with Gasteiger partial charge in [-0.15, -0.1) is 0 Å². The molecule has 1 fully saturated rings. The molecule has 2 unspecified atom stereocenters. The highest BCUT2D eigenvalue weighted by atomic mass is 15.0. The average Bonchev–Trinajstić information content (AvgIpc) is 2.80. The summed E-state index contributed by atoms with van der Waals surface area (Å²) >= 11 is 0. The standard InChI is InChI=1S/C16H26N2/c1-16(2,3)11-15(13-7-5-4-6-8-13)18-14-9-10-17-12-14/h4-8,14-15,17-18H,9-12H2,1-3H3. The molecule has 1 aromatic carbocycles. The van der Waals surface area contributed by atoms with Crippen LogP contribution in [0.15, 0.2) is 30.3 Å². The minimum atomic E-state index is 0.347. The number of hydrogen-bond donors (Lipinski definition) is 2. The van der Waals surface area contributed by atoms with Gasteiger partial charge < -0.3 is 10.6 Å². The van der Waals surface area contributed by atoms with E-state index in [4.69, 9.17) is 0 Å². The lowest BCUT2D eigenvalue weighted by atomic mass is 9.85. The Morgan fingerprint density at radius 3 is 2.56 bits per heavy atom. The first-order valence-electron chi connectivity index (χ1n) is 7.06. The van der Waals surface area contributed by atoms with Gasteiger partial charge in [0.1, 0.15) is 0 Å². The van der Waals surface area contributed by atoms with E-state index >= 15 is 0 Å². The summed E-state index contributed by atoms with van der Waals surface area (Å²) in [7, 11) is 0. The zero-order valence-corrected chi connectivity index (χ0v) is 11.9. The minimum Gasteiger partial charge on any atom is -0.315 e. The van der Waals surface area contributed by atoms with Crippen molar-refractivity contribution in [2.75, 3.05) is 13.1 Å². The maximum atomic E-state index is 3.83. The molecular formula is C16H26N2. The highest BCUT2D eigenvalue weighted by Crippen LogP contribution is 2.30. The van der Waals surface area contributed by atoms with E-state index in [1.165, 1.54) is 18.4 Å². The smallest absolute Gasteiger partial charge is 0.0328 e. The summed E-state index contributed by atoms with van der Waals surface area (Å²) in [6.45, 7) is 9.20. The molecule has 0 aliphatic carbocycles. The Morgan fingerprint density at radius 1 is 1.28 bits per heavy atom. The topological polar surface area (TPSA) is 24.1 Å². The van der Waals surface area contributed by atoms with E-state index < -0.39 is 0 Å². The van der Waals surface area contributed by atoms with Crippen LogP contribution in [0.4, 0.5) is 0 Å². The second-order valence-corrected chi connectivity index (χ2v) is 6.58. The Balaban J connectivity index is 2.07. The Kier molecular flexibility index (Phi) is 4.41. The third-order valence-electron chi connectivity index (χ3n) is 3.52. The summed E-state index contributed by atoms with van der Waals surface area (Å²) in [5, 5.41) is 7.26. The molecule has 2 N–H and O–H groups in total. The molecular weight excluding hydrogens is 220 g/mol. The molecule has 100 valence electrons. The Bertz CT molecular complexity index is 347. The number of rotatable bonds is 4. The van der Waals surface area contributed by atoms with Crippen molar-refractivity contribution < 1.29 is 0 Å². The Morgan fingerprint density at radius 2 is 2.00 bits per heavy atom. The highest BCUT2D eigenvalue weighted by molar-refractivity contribution is 5.19. The average molecular weight is 246 g/mol. The van der Waals surface area contributed by atoms with Crippen molar-refractivity contribution in [2.24, 2.45) is 5.41 Å². The zero-order valence-electron chi connectivity index (χ0n) is 11.9. The van der Waals surface area contributed by atoms with E-state index in [-0.39, 0.29) is 0 Å². The van der Waals surface area contributed by atoms with Gasteiger partial charge in [0.05, 0.1) is 0 Å². The van der Waals surface area contributed by atoms with Crippen molar-refractivity contribution in [1.82, 2.24) is 10.6 Å². The van der Waals surface area contributed by atoms with Crippen LogP contribution in [0.3, 0.4) is 0 Å². The van der Waals surface area contributed by atoms with Crippen LogP contribution in [-0.4, -0.2) is 19.1 Å². The van der Waals surface area contributed by atoms with Gasteiger partial charge in [0.25, 0.3) is 0 Å². The second-order valence-electron chi connectivity index (χ2n) is 6.58. The fourth-order valence-corrected chi connectivity index (χ4v) is 2.65. The van der Waals surface area contributed by atoms with Crippen molar-refractivity contribution in [3.05, 3.63) is 35.9 Å². The van der Waals surface area contributed by atoms with Gasteiger partial charge in [0.2, 0.25) is 0 Å². The lowest BCUT2D eigenvalue weighted by Gasteiger charge is -2.29. The summed E-state index contributed by atoms with van der Waals surface area (Å²) < 4.78 is 0. The highest BCUT2D eigenvalue weighted by Gasteiger charge is 2.24. The van der Waals surface area contributed by atoms with E-state index in [1.807, 2.05) is 0 Å². The molecule has 0 bridgehead atoms. The van der Waals surface area contributed by atoms with Crippen molar-refractivity contribution in [2.45, 2.75) is 45.7 Å². The van der Waals surface area contributed by atoms with E-state index in [0.717, 1.165) is 13.1 Å². The lowest BCUT2D eigenvalue weighted by Crippen LogP contribution is -2.36. The summed E-state index contributed by atoms with van der Waals surface area (Å²) in [6, 6.07) is 11.9. The molecule has 1 aromatic rings. The van der Waals surface area contributed by atoms with Gasteiger partial charge >= 0.3 is 0 Å². The van der Waals surface area contributed by atoms with Crippen molar-refractivity contribution in [3.63, 3.8) is 0 Å². The minimum absolute atomic E-state index is 0.347. The summed E-state index contributed by atoms with van der Waals surface area (Å²) in [5.41, 5.74) is 1.76. The van der Waals surface area contributed by atoms with Crippen molar-refractivity contribution in [3.8, 4) is 0 Å². The molecule has 0 aromatic heterocycles. The first-order chi connectivity index (χ1) is 8.54. The predicted octanol–water partition coefficient (Wildman–Crippen LogP) is 3.12. The molecule has 2 heteroatoms. The SMILES string of the molecule is CC(C)(C)CC(NC1CCNC1)c1ccccc1. The Labute approximate surface area is 111 Å². The molecule has 18 heavy (non-hydrogen) atoms. The van der Waals surface area contributed by atoms with Gasteiger partial charge in [-0.2, -0.15) is 0 Å². The van der Waals surface area contributed by atoms with Crippen LogP contribution in [0.2, 0.25) is 0 Å². The van der Waals surface area contributed by atoms with Crippen LogP contribution in [0, 0.1) is 5.41 Å². The van der Waals surface area contributed by atoms with Crippen LogP contribution >= 0.6 is 0 Å². The normalized spacial score (nSPS) is 22.1. The maximum Gasteiger partial charge on any atom is 0.0328 e. The fraction of sp³-hybridized carbons (Fsp3) is 0.625. The van der Waals surface area contributed by atoms with Crippen molar-refractivity contribution in [1.29, 1.82) is 0 Å². The largest absolute Gasteiger partial charge is 0.315 e. The summed E-state index contributed by atoms with van der Waals surface area (Å²) in [6.07, 6.45) is 2.42. The molecule has 1 saturated heterocycles. The Hall–Kier alpha value is -0.860. The summed E-state index contributed by atoms with van der Waals surface area (Å²) in [4.78, 5) is 0. The molecule has 2 nitrogen and oxygen atoms in total. The van der Waals surface area contributed by atoms with E-state index in [0.29, 0.717) is 17.5 Å². The zero-order chi connectivity index (χ0) is 13.0. The van der Waals surface area contributed by atoms with E-state index in [1.54, 1.807) is 0 Å². The maximum absolute atomic E-state index is 3.83. The number of nitrogens with one attached hydrogen (secondary N) is 2. The summed E-state index contributed by atoms with van der Waals surface area (Å²) in [5.74, 6) is 0. The van der Waals surface area contributed by atoms with Crippen LogP contribution < -0.4 is 10.6 Å². The first kappa shape index (κ1) is 13.6. The fourth-order valence-electron chi connectivity index (χ4n) is 2.65. The molecule has 0 radical (unpaired) electrons. The van der Waals surface area contributed by atoms with Crippen LogP contribution in [-0.2, 0) is 0 Å². The van der Waals surface area contributed by atoms with Gasteiger partial charge in [0.15, 0.2) is 0 Å². The molecule has 0 spiro atoms. The van der Waals surface area contributed by atoms with Gasteiger partial charge in [-0.3, -0.25) is 0 Å². The van der Waals surface area contributed by atoms with Crippen LogP contribution in [0.25, 0.3) is 0 Å². The number of benzene rings is 1.